The van der Waals surface area contributed by atoms with Crippen molar-refractivity contribution in [2.45, 2.75) is 72.0 Å². The lowest BCUT2D eigenvalue weighted by atomic mass is 9.45. The lowest BCUT2D eigenvalue weighted by molar-refractivity contribution is -0.210. The Kier molecular flexibility index (Phi) is 5.64. The van der Waals surface area contributed by atoms with E-state index in [1.54, 1.807) is 12.1 Å². The Bertz CT molecular complexity index is 1070. The van der Waals surface area contributed by atoms with Crippen molar-refractivity contribution in [2.75, 3.05) is 6.61 Å². The van der Waals surface area contributed by atoms with E-state index < -0.39 is 11.2 Å². The van der Waals surface area contributed by atoms with E-state index >= 15 is 0 Å². The van der Waals surface area contributed by atoms with E-state index in [2.05, 4.69) is 20.8 Å². The number of ether oxygens (including phenoxy) is 2. The van der Waals surface area contributed by atoms with E-state index in [1.165, 1.54) is 13.0 Å². The molecule has 32 heavy (non-hydrogen) atoms. The van der Waals surface area contributed by atoms with Crippen molar-refractivity contribution in [3.8, 4) is 5.75 Å². The number of esters is 1. The van der Waals surface area contributed by atoms with E-state index in [4.69, 9.17) is 13.9 Å². The van der Waals surface area contributed by atoms with Crippen LogP contribution in [0.25, 0.3) is 11.0 Å². The SMILES string of the molecule is CC(=O)O[C@H]1CC[C@]2(C)[C@H](CC[C@@](C)(O)[C@H]2COc2ccc3ccc(=O)oc3c2)C1(C)C. The van der Waals surface area contributed by atoms with Gasteiger partial charge in [-0.15, -0.1) is 0 Å². The first-order valence-corrected chi connectivity index (χ1v) is 11.5. The van der Waals surface area contributed by atoms with Gasteiger partial charge in [0.1, 0.15) is 17.4 Å². The highest BCUT2D eigenvalue weighted by molar-refractivity contribution is 5.77. The number of hydrogen-bond donors (Lipinski definition) is 1. The molecule has 2 aromatic rings. The fourth-order valence-corrected chi connectivity index (χ4v) is 6.59. The molecular weight excluding hydrogens is 408 g/mol. The second kappa shape index (κ2) is 7.91. The van der Waals surface area contributed by atoms with E-state index in [0.717, 1.165) is 24.6 Å². The minimum absolute atomic E-state index is 0.0928. The molecule has 0 bridgehead atoms. The Morgan fingerprint density at radius 1 is 1.12 bits per heavy atom. The average molecular weight is 443 g/mol. The minimum atomic E-state index is -0.862. The summed E-state index contributed by atoms with van der Waals surface area (Å²) in [5.74, 6) is 0.569. The van der Waals surface area contributed by atoms with Crippen LogP contribution in [-0.2, 0) is 9.53 Å². The molecule has 1 aromatic heterocycles. The maximum Gasteiger partial charge on any atom is 0.336 e. The Balaban J connectivity index is 1.59. The van der Waals surface area contributed by atoms with Crippen LogP contribution in [-0.4, -0.2) is 29.4 Å². The molecular formula is C26H34O6. The lowest BCUT2D eigenvalue weighted by Crippen LogP contribution is -2.62. The van der Waals surface area contributed by atoms with Gasteiger partial charge in [0.25, 0.3) is 0 Å². The summed E-state index contributed by atoms with van der Waals surface area (Å²) in [6, 6.07) is 8.59. The molecule has 0 amide bonds. The number of carbonyl (C=O) groups is 1. The largest absolute Gasteiger partial charge is 0.493 e. The molecule has 6 heteroatoms. The molecule has 2 fully saturated rings. The van der Waals surface area contributed by atoms with Gasteiger partial charge in [-0.3, -0.25) is 4.79 Å². The third kappa shape index (κ3) is 3.94. The molecule has 174 valence electrons. The molecule has 4 rings (SSSR count). The van der Waals surface area contributed by atoms with Crippen molar-refractivity contribution < 1.29 is 23.8 Å². The van der Waals surface area contributed by atoms with Gasteiger partial charge in [0, 0.05) is 35.8 Å². The van der Waals surface area contributed by atoms with Gasteiger partial charge in [0.05, 0.1) is 12.2 Å². The third-order valence-corrected chi connectivity index (χ3v) is 8.27. The van der Waals surface area contributed by atoms with Gasteiger partial charge in [-0.25, -0.2) is 4.79 Å². The summed E-state index contributed by atoms with van der Waals surface area (Å²) in [4.78, 5) is 23.2. The molecule has 0 aliphatic heterocycles. The Hall–Kier alpha value is -2.34. The summed E-state index contributed by atoms with van der Waals surface area (Å²) in [7, 11) is 0. The summed E-state index contributed by atoms with van der Waals surface area (Å²) in [5.41, 5.74) is -1.13. The second-order valence-corrected chi connectivity index (χ2v) is 10.7. The van der Waals surface area contributed by atoms with E-state index in [-0.39, 0.29) is 34.7 Å². The third-order valence-electron chi connectivity index (χ3n) is 8.27. The summed E-state index contributed by atoms with van der Waals surface area (Å²) in [6.07, 6.45) is 3.06. The first-order chi connectivity index (χ1) is 14.9. The lowest BCUT2D eigenvalue weighted by Gasteiger charge is -2.62. The fourth-order valence-electron chi connectivity index (χ4n) is 6.59. The van der Waals surface area contributed by atoms with Crippen LogP contribution in [0.1, 0.15) is 60.3 Å². The predicted molar refractivity (Wildman–Crippen MR) is 121 cm³/mol. The number of aliphatic hydroxyl groups is 1. The predicted octanol–water partition coefficient (Wildman–Crippen LogP) is 4.71. The molecule has 0 saturated heterocycles. The Morgan fingerprint density at radius 2 is 1.84 bits per heavy atom. The average Bonchev–Trinajstić information content (AvgIpc) is 2.68. The molecule has 0 radical (unpaired) electrons. The van der Waals surface area contributed by atoms with Gasteiger partial charge >= 0.3 is 11.6 Å². The highest BCUT2D eigenvalue weighted by Gasteiger charge is 2.61. The van der Waals surface area contributed by atoms with Crippen LogP contribution < -0.4 is 10.4 Å². The van der Waals surface area contributed by atoms with Crippen molar-refractivity contribution in [1.82, 2.24) is 0 Å². The first-order valence-electron chi connectivity index (χ1n) is 11.5. The normalized spacial score (nSPS) is 34.0. The van der Waals surface area contributed by atoms with Gasteiger partial charge in [-0.05, 0) is 62.1 Å². The van der Waals surface area contributed by atoms with E-state index in [9.17, 15) is 14.7 Å². The molecule has 5 atom stereocenters. The topological polar surface area (TPSA) is 86.0 Å². The van der Waals surface area contributed by atoms with Crippen LogP contribution in [0.15, 0.2) is 39.5 Å². The highest BCUT2D eigenvalue weighted by atomic mass is 16.5. The number of carbonyl (C=O) groups excluding carboxylic acids is 1. The summed E-state index contributed by atoms with van der Waals surface area (Å²) in [6.45, 7) is 10.4. The van der Waals surface area contributed by atoms with Crippen molar-refractivity contribution in [3.05, 3.63) is 40.8 Å². The molecule has 1 heterocycles. The molecule has 2 saturated carbocycles. The Morgan fingerprint density at radius 3 is 2.56 bits per heavy atom. The van der Waals surface area contributed by atoms with Crippen molar-refractivity contribution >= 4 is 16.9 Å². The number of hydrogen-bond acceptors (Lipinski definition) is 6. The molecule has 1 aromatic carbocycles. The van der Waals surface area contributed by atoms with E-state index in [1.807, 2.05) is 19.1 Å². The maximum absolute atomic E-state index is 11.7. The molecule has 6 nitrogen and oxygen atoms in total. The summed E-state index contributed by atoms with van der Waals surface area (Å²) < 4.78 is 17.2. The number of fused-ring (bicyclic) bond motifs is 2. The van der Waals surface area contributed by atoms with Crippen LogP contribution in [0.2, 0.25) is 0 Å². The standard InChI is InChI=1S/C26H34O6/c1-16(27)31-22-11-12-25(4)20(24(22,2)3)10-13-26(5,29)21(25)15-30-18-8-6-17-7-9-23(28)32-19(17)14-18/h6-9,14,20-22,29H,10-13,15H2,1-5H3/t20-,21+,22+,25-,26-/m1/s1. The second-order valence-electron chi connectivity index (χ2n) is 10.7. The smallest absolute Gasteiger partial charge is 0.336 e. The van der Waals surface area contributed by atoms with Crippen LogP contribution in [0.3, 0.4) is 0 Å². The molecule has 0 spiro atoms. The van der Waals surface area contributed by atoms with Crippen LogP contribution in [0.5, 0.6) is 5.75 Å². The molecule has 1 N–H and O–H groups in total. The zero-order chi connectivity index (χ0) is 23.3. The summed E-state index contributed by atoms with van der Waals surface area (Å²) in [5, 5.41) is 12.2. The van der Waals surface area contributed by atoms with Gasteiger partial charge < -0.3 is 19.0 Å². The fraction of sp³-hybridized carbons (Fsp3) is 0.615. The van der Waals surface area contributed by atoms with Gasteiger partial charge in [0.15, 0.2) is 0 Å². The quantitative estimate of drug-likeness (QED) is 0.545. The number of rotatable bonds is 4. The highest BCUT2D eigenvalue weighted by Crippen LogP contribution is 2.62. The van der Waals surface area contributed by atoms with Crippen molar-refractivity contribution in [1.29, 1.82) is 0 Å². The number of benzene rings is 1. The van der Waals surface area contributed by atoms with Gasteiger partial charge in [-0.2, -0.15) is 0 Å². The van der Waals surface area contributed by atoms with Crippen LogP contribution in [0, 0.1) is 22.7 Å². The molecule has 0 unspecified atom stereocenters. The zero-order valence-corrected chi connectivity index (χ0v) is 19.6. The van der Waals surface area contributed by atoms with Gasteiger partial charge in [0.2, 0.25) is 0 Å². The Labute approximate surface area is 188 Å². The van der Waals surface area contributed by atoms with E-state index in [0.29, 0.717) is 24.4 Å². The monoisotopic (exact) mass is 442 g/mol. The summed E-state index contributed by atoms with van der Waals surface area (Å²) >= 11 is 0. The zero-order valence-electron chi connectivity index (χ0n) is 19.6. The van der Waals surface area contributed by atoms with Crippen LogP contribution >= 0.6 is 0 Å². The molecule has 2 aliphatic rings. The minimum Gasteiger partial charge on any atom is -0.493 e. The van der Waals surface area contributed by atoms with Gasteiger partial charge in [-0.1, -0.05) is 20.8 Å². The molecule has 2 aliphatic carbocycles. The first kappa shape index (κ1) is 22.8. The van der Waals surface area contributed by atoms with Crippen molar-refractivity contribution in [3.63, 3.8) is 0 Å². The van der Waals surface area contributed by atoms with Crippen LogP contribution in [0.4, 0.5) is 0 Å². The van der Waals surface area contributed by atoms with Crippen molar-refractivity contribution in [2.24, 2.45) is 22.7 Å². The maximum atomic E-state index is 11.7.